The summed E-state index contributed by atoms with van der Waals surface area (Å²) in [6.07, 6.45) is 3.88. The van der Waals surface area contributed by atoms with Crippen molar-refractivity contribution in [2.24, 2.45) is 5.92 Å². The van der Waals surface area contributed by atoms with Crippen molar-refractivity contribution in [3.8, 4) is 0 Å². The van der Waals surface area contributed by atoms with Gasteiger partial charge in [0.1, 0.15) is 0 Å². The molecule has 1 aliphatic heterocycles. The van der Waals surface area contributed by atoms with Crippen LogP contribution >= 0.6 is 0 Å². The lowest BCUT2D eigenvalue weighted by atomic mass is 10.1. The van der Waals surface area contributed by atoms with Crippen LogP contribution < -0.4 is 10.6 Å². The first-order valence-corrected chi connectivity index (χ1v) is 9.02. The quantitative estimate of drug-likeness (QED) is 0.740. The Morgan fingerprint density at radius 3 is 2.30 bits per heavy atom. The summed E-state index contributed by atoms with van der Waals surface area (Å²) in [5.74, 6) is 0.514. The van der Waals surface area contributed by atoms with Crippen molar-refractivity contribution >= 4 is 16.1 Å². The van der Waals surface area contributed by atoms with Crippen LogP contribution in [0.1, 0.15) is 39.5 Å². The number of hydrogen-bond acceptors (Lipinski definition) is 3. The fourth-order valence-corrected chi connectivity index (χ4v) is 3.54. The lowest BCUT2D eigenvalue weighted by Crippen LogP contribution is -2.42. The number of amides is 2. The molecule has 20 heavy (non-hydrogen) atoms. The number of piperidine rings is 1. The number of nitrogens with zero attached hydrogens (tertiary/aromatic N) is 1. The van der Waals surface area contributed by atoms with Gasteiger partial charge in [-0.25, -0.2) is 17.5 Å². The number of nitrogens with one attached hydrogen (secondary N) is 2. The minimum absolute atomic E-state index is 0.0232. The van der Waals surface area contributed by atoms with Crippen LogP contribution in [0.3, 0.4) is 0 Å². The third-order valence-electron chi connectivity index (χ3n) is 3.36. The summed E-state index contributed by atoms with van der Waals surface area (Å²) in [6, 6.07) is -0.292. The lowest BCUT2D eigenvalue weighted by molar-refractivity contribution is 0.241. The Morgan fingerprint density at radius 2 is 1.70 bits per heavy atom. The van der Waals surface area contributed by atoms with Crippen LogP contribution in [0.25, 0.3) is 0 Å². The zero-order valence-corrected chi connectivity index (χ0v) is 13.3. The van der Waals surface area contributed by atoms with E-state index in [1.54, 1.807) is 0 Å². The average Bonchev–Trinajstić information content (AvgIpc) is 2.39. The van der Waals surface area contributed by atoms with Gasteiger partial charge in [0.15, 0.2) is 0 Å². The van der Waals surface area contributed by atoms with Gasteiger partial charge in [0.2, 0.25) is 10.0 Å². The van der Waals surface area contributed by atoms with Gasteiger partial charge < -0.3 is 10.6 Å². The van der Waals surface area contributed by atoms with Gasteiger partial charge in [-0.1, -0.05) is 20.3 Å². The molecule has 0 aromatic heterocycles. The molecule has 0 aromatic carbocycles. The van der Waals surface area contributed by atoms with E-state index >= 15 is 0 Å². The molecule has 0 saturated carbocycles. The largest absolute Gasteiger partial charge is 0.338 e. The topological polar surface area (TPSA) is 78.5 Å². The molecule has 2 amide bonds. The Labute approximate surface area is 122 Å². The van der Waals surface area contributed by atoms with E-state index < -0.39 is 10.0 Å². The summed E-state index contributed by atoms with van der Waals surface area (Å²) in [5.41, 5.74) is 0. The van der Waals surface area contributed by atoms with Crippen LogP contribution in [0.2, 0.25) is 0 Å². The maximum absolute atomic E-state index is 12.0. The predicted molar refractivity (Wildman–Crippen MR) is 80.1 cm³/mol. The zero-order valence-electron chi connectivity index (χ0n) is 12.5. The van der Waals surface area contributed by atoms with Crippen LogP contribution in [0.5, 0.6) is 0 Å². The van der Waals surface area contributed by atoms with Gasteiger partial charge in [-0.05, 0) is 25.2 Å². The maximum atomic E-state index is 12.0. The molecular weight excluding hydrogens is 278 g/mol. The molecule has 1 aliphatic rings. The summed E-state index contributed by atoms with van der Waals surface area (Å²) in [5, 5.41) is 5.32. The van der Waals surface area contributed by atoms with Gasteiger partial charge in [-0.15, -0.1) is 0 Å². The van der Waals surface area contributed by atoms with Gasteiger partial charge in [0.25, 0.3) is 0 Å². The zero-order chi connectivity index (χ0) is 15.0. The highest BCUT2D eigenvalue weighted by molar-refractivity contribution is 7.89. The molecule has 1 rings (SSSR count). The summed E-state index contributed by atoms with van der Waals surface area (Å²) >= 11 is 0. The lowest BCUT2D eigenvalue weighted by Gasteiger charge is -2.25. The highest BCUT2D eigenvalue weighted by Crippen LogP contribution is 2.12. The van der Waals surface area contributed by atoms with Crippen molar-refractivity contribution in [3.05, 3.63) is 0 Å². The highest BCUT2D eigenvalue weighted by Gasteiger charge is 2.23. The van der Waals surface area contributed by atoms with Crippen LogP contribution in [0, 0.1) is 5.92 Å². The molecule has 118 valence electrons. The molecule has 2 N–H and O–H groups in total. The van der Waals surface area contributed by atoms with Crippen molar-refractivity contribution in [2.75, 3.05) is 31.9 Å². The molecule has 0 aromatic rings. The van der Waals surface area contributed by atoms with E-state index in [0.717, 1.165) is 25.7 Å². The molecule has 7 heteroatoms. The van der Waals surface area contributed by atoms with Crippen molar-refractivity contribution in [1.29, 1.82) is 0 Å². The molecule has 1 fully saturated rings. The Morgan fingerprint density at radius 1 is 1.10 bits per heavy atom. The first kappa shape index (κ1) is 17.2. The molecular formula is C13H27N3O3S. The van der Waals surface area contributed by atoms with E-state index in [1.807, 2.05) is 0 Å². The number of carbonyl (C=O) groups is 1. The van der Waals surface area contributed by atoms with Crippen LogP contribution in [-0.4, -0.2) is 50.7 Å². The van der Waals surface area contributed by atoms with E-state index in [9.17, 15) is 13.2 Å². The number of rotatable bonds is 7. The number of urea groups is 1. The smallest absolute Gasteiger partial charge is 0.314 e. The first-order valence-electron chi connectivity index (χ1n) is 7.41. The Hall–Kier alpha value is -0.820. The molecule has 0 aliphatic carbocycles. The minimum Gasteiger partial charge on any atom is -0.338 e. The third-order valence-corrected chi connectivity index (χ3v) is 5.23. The maximum Gasteiger partial charge on any atom is 0.314 e. The van der Waals surface area contributed by atoms with E-state index in [0.29, 0.717) is 25.6 Å². The normalized spacial score (nSPS) is 17.1. The standard InChI is InChI=1S/C13H27N3O3S/c1-12(2)6-7-14-13(17)15-8-11-20(18,19)16-9-4-3-5-10-16/h12H,3-11H2,1-2H3,(H2,14,15,17). The van der Waals surface area contributed by atoms with Crippen molar-refractivity contribution < 1.29 is 13.2 Å². The highest BCUT2D eigenvalue weighted by atomic mass is 32.2. The van der Waals surface area contributed by atoms with E-state index in [1.165, 1.54) is 4.31 Å². The SMILES string of the molecule is CC(C)CCNC(=O)NCCS(=O)(=O)N1CCCCC1. The monoisotopic (exact) mass is 305 g/mol. The molecule has 0 bridgehead atoms. The van der Waals surface area contributed by atoms with E-state index in [2.05, 4.69) is 24.5 Å². The van der Waals surface area contributed by atoms with Crippen LogP contribution in [0.15, 0.2) is 0 Å². The Bertz CT molecular complexity index is 390. The second-order valence-electron chi connectivity index (χ2n) is 5.64. The second kappa shape index (κ2) is 8.46. The van der Waals surface area contributed by atoms with Crippen molar-refractivity contribution in [2.45, 2.75) is 39.5 Å². The van der Waals surface area contributed by atoms with Gasteiger partial charge in [0, 0.05) is 26.2 Å². The second-order valence-corrected chi connectivity index (χ2v) is 7.73. The number of carbonyl (C=O) groups excluding carboxylic acids is 1. The fraction of sp³-hybridized carbons (Fsp3) is 0.923. The van der Waals surface area contributed by atoms with Crippen LogP contribution in [-0.2, 0) is 10.0 Å². The molecule has 1 heterocycles. The Kier molecular flexibility index (Phi) is 7.29. The van der Waals surface area contributed by atoms with Gasteiger partial charge >= 0.3 is 6.03 Å². The molecule has 1 saturated heterocycles. The van der Waals surface area contributed by atoms with Crippen molar-refractivity contribution in [3.63, 3.8) is 0 Å². The number of sulfonamides is 1. The summed E-state index contributed by atoms with van der Waals surface area (Å²) in [6.45, 7) is 6.18. The van der Waals surface area contributed by atoms with E-state index in [4.69, 9.17) is 0 Å². The molecule has 0 unspecified atom stereocenters. The summed E-state index contributed by atoms with van der Waals surface area (Å²) in [7, 11) is -3.22. The fourth-order valence-electron chi connectivity index (χ4n) is 2.10. The van der Waals surface area contributed by atoms with Crippen LogP contribution in [0.4, 0.5) is 4.79 Å². The molecule has 0 spiro atoms. The molecule has 0 atom stereocenters. The predicted octanol–water partition coefficient (Wildman–Crippen LogP) is 1.15. The first-order chi connectivity index (χ1) is 9.42. The summed E-state index contributed by atoms with van der Waals surface area (Å²) in [4.78, 5) is 11.5. The summed E-state index contributed by atoms with van der Waals surface area (Å²) < 4.78 is 25.6. The van der Waals surface area contributed by atoms with Gasteiger partial charge in [-0.3, -0.25) is 0 Å². The number of hydrogen-bond donors (Lipinski definition) is 2. The van der Waals surface area contributed by atoms with Gasteiger partial charge in [-0.2, -0.15) is 0 Å². The molecule has 0 radical (unpaired) electrons. The molecule has 6 nitrogen and oxygen atoms in total. The van der Waals surface area contributed by atoms with Gasteiger partial charge in [0.05, 0.1) is 5.75 Å². The third kappa shape index (κ3) is 6.56. The van der Waals surface area contributed by atoms with E-state index in [-0.39, 0.29) is 18.3 Å². The Balaban J connectivity index is 2.20. The minimum atomic E-state index is -3.22. The average molecular weight is 305 g/mol. The van der Waals surface area contributed by atoms with Crippen molar-refractivity contribution in [1.82, 2.24) is 14.9 Å².